The quantitative estimate of drug-likeness (QED) is 0.740. The fourth-order valence-electron chi connectivity index (χ4n) is 2.42. The maximum absolute atomic E-state index is 9.86. The third kappa shape index (κ3) is 4.16. The number of methoxy groups -OCH3 is 1. The normalized spacial score (nSPS) is 22.1. The molecule has 1 heterocycles. The van der Waals surface area contributed by atoms with Crippen LogP contribution in [0.2, 0.25) is 0 Å². The minimum Gasteiger partial charge on any atom is -0.486 e. The molecule has 2 N–H and O–H groups in total. The molecule has 0 aromatic carbocycles. The first-order valence-electron chi connectivity index (χ1n) is 7.21. The molecule has 0 amide bonds. The number of rotatable bonds is 7. The first-order valence-corrected chi connectivity index (χ1v) is 7.21. The highest BCUT2D eigenvalue weighted by Crippen LogP contribution is 2.26. The number of hydrogen-bond donors (Lipinski definition) is 2. The Morgan fingerprint density at radius 1 is 1.40 bits per heavy atom. The van der Waals surface area contributed by atoms with Crippen LogP contribution in [-0.2, 0) is 11.3 Å². The second-order valence-electron chi connectivity index (χ2n) is 5.22. The van der Waals surface area contributed by atoms with Gasteiger partial charge in [-0.2, -0.15) is 0 Å². The predicted molar refractivity (Wildman–Crippen MR) is 76.8 cm³/mol. The topological polar surface area (TPSA) is 63.6 Å². The van der Waals surface area contributed by atoms with Crippen molar-refractivity contribution in [2.45, 2.75) is 44.9 Å². The van der Waals surface area contributed by atoms with E-state index in [4.69, 9.17) is 9.47 Å². The molecule has 0 spiro atoms. The zero-order valence-corrected chi connectivity index (χ0v) is 12.3. The Bertz CT molecular complexity index is 426. The van der Waals surface area contributed by atoms with Crippen LogP contribution in [0.15, 0.2) is 12.1 Å². The zero-order chi connectivity index (χ0) is 14.4. The van der Waals surface area contributed by atoms with Crippen molar-refractivity contribution in [3.05, 3.63) is 23.5 Å². The van der Waals surface area contributed by atoms with E-state index in [1.807, 2.05) is 19.1 Å². The Morgan fingerprint density at radius 3 is 2.95 bits per heavy atom. The molecule has 1 aromatic heterocycles. The molecule has 5 nitrogen and oxygen atoms in total. The second-order valence-corrected chi connectivity index (χ2v) is 5.22. The minimum absolute atomic E-state index is 0.0998. The van der Waals surface area contributed by atoms with Gasteiger partial charge in [-0.05, 0) is 38.3 Å². The van der Waals surface area contributed by atoms with Crippen LogP contribution in [0.5, 0.6) is 5.75 Å². The summed E-state index contributed by atoms with van der Waals surface area (Å²) in [7, 11) is 1.68. The average molecular weight is 280 g/mol. The molecule has 1 aromatic rings. The number of aromatic nitrogens is 1. The van der Waals surface area contributed by atoms with Gasteiger partial charge in [0.15, 0.2) is 0 Å². The molecule has 2 rings (SSSR count). The second kappa shape index (κ2) is 7.57. The Morgan fingerprint density at radius 2 is 2.25 bits per heavy atom. The van der Waals surface area contributed by atoms with Gasteiger partial charge < -0.3 is 19.9 Å². The molecule has 1 aliphatic carbocycles. The fraction of sp³-hybridized carbons (Fsp3) is 0.667. The minimum atomic E-state index is -0.356. The van der Waals surface area contributed by atoms with Crippen molar-refractivity contribution < 1.29 is 14.6 Å². The summed E-state index contributed by atoms with van der Waals surface area (Å²) >= 11 is 0. The molecule has 0 saturated heterocycles. The van der Waals surface area contributed by atoms with Gasteiger partial charge in [-0.1, -0.05) is 0 Å². The lowest BCUT2D eigenvalue weighted by molar-refractivity contribution is 0.0593. The van der Waals surface area contributed by atoms with Crippen molar-refractivity contribution in [2.24, 2.45) is 0 Å². The van der Waals surface area contributed by atoms with Crippen LogP contribution in [0.1, 0.15) is 30.7 Å². The first kappa shape index (κ1) is 15.2. The van der Waals surface area contributed by atoms with E-state index in [1.165, 1.54) is 0 Å². The number of pyridine rings is 1. The Kier molecular flexibility index (Phi) is 5.76. The molecule has 2 unspecified atom stereocenters. The third-order valence-corrected chi connectivity index (χ3v) is 3.54. The van der Waals surface area contributed by atoms with Gasteiger partial charge >= 0.3 is 0 Å². The highest BCUT2D eigenvalue weighted by Gasteiger charge is 2.27. The van der Waals surface area contributed by atoms with Gasteiger partial charge in [-0.15, -0.1) is 0 Å². The molecule has 0 radical (unpaired) electrons. The smallest absolute Gasteiger partial charge is 0.142 e. The monoisotopic (exact) mass is 280 g/mol. The van der Waals surface area contributed by atoms with Gasteiger partial charge in [-0.25, -0.2) is 0 Å². The molecule has 5 heteroatoms. The van der Waals surface area contributed by atoms with Gasteiger partial charge in [0.1, 0.15) is 11.9 Å². The van der Waals surface area contributed by atoms with Crippen LogP contribution in [-0.4, -0.2) is 42.6 Å². The summed E-state index contributed by atoms with van der Waals surface area (Å²) < 4.78 is 11.0. The van der Waals surface area contributed by atoms with Crippen molar-refractivity contribution in [1.82, 2.24) is 10.3 Å². The van der Waals surface area contributed by atoms with Crippen LogP contribution < -0.4 is 10.1 Å². The summed E-state index contributed by atoms with van der Waals surface area (Å²) in [6.45, 7) is 4.05. The molecule has 112 valence electrons. The number of aliphatic hydroxyl groups is 1. The summed E-state index contributed by atoms with van der Waals surface area (Å²) in [6, 6.07) is 3.88. The van der Waals surface area contributed by atoms with Gasteiger partial charge in [0, 0.05) is 25.9 Å². The Labute approximate surface area is 120 Å². The van der Waals surface area contributed by atoms with E-state index in [-0.39, 0.29) is 12.2 Å². The Hall–Kier alpha value is -1.17. The first-order chi connectivity index (χ1) is 9.70. The fourth-order valence-corrected chi connectivity index (χ4v) is 2.42. The van der Waals surface area contributed by atoms with Gasteiger partial charge in [-0.3, -0.25) is 4.98 Å². The van der Waals surface area contributed by atoms with Crippen LogP contribution >= 0.6 is 0 Å². The van der Waals surface area contributed by atoms with E-state index in [1.54, 1.807) is 7.11 Å². The van der Waals surface area contributed by atoms with Crippen molar-refractivity contribution in [3.63, 3.8) is 0 Å². The van der Waals surface area contributed by atoms with Gasteiger partial charge in [0.05, 0.1) is 18.4 Å². The SMILES string of the molecule is COCCNCc1nc(C)ccc1OC1CCCC1O. The van der Waals surface area contributed by atoms with Gasteiger partial charge in [0.25, 0.3) is 0 Å². The summed E-state index contributed by atoms with van der Waals surface area (Å²) in [4.78, 5) is 4.53. The maximum atomic E-state index is 9.86. The van der Waals surface area contributed by atoms with E-state index in [9.17, 15) is 5.11 Å². The third-order valence-electron chi connectivity index (χ3n) is 3.54. The molecular weight excluding hydrogens is 256 g/mol. The summed E-state index contributed by atoms with van der Waals surface area (Å²) in [5.74, 6) is 0.770. The van der Waals surface area contributed by atoms with Crippen LogP contribution in [0.3, 0.4) is 0 Å². The number of aliphatic hydroxyl groups excluding tert-OH is 1. The number of aryl methyl sites for hydroxylation is 1. The number of hydrogen-bond acceptors (Lipinski definition) is 5. The largest absolute Gasteiger partial charge is 0.486 e. The van der Waals surface area contributed by atoms with Crippen molar-refractivity contribution in [1.29, 1.82) is 0 Å². The Balaban J connectivity index is 1.99. The van der Waals surface area contributed by atoms with Crippen LogP contribution in [0.25, 0.3) is 0 Å². The van der Waals surface area contributed by atoms with E-state index in [0.29, 0.717) is 13.2 Å². The molecular formula is C15H24N2O3. The van der Waals surface area contributed by atoms with E-state index in [0.717, 1.165) is 42.9 Å². The molecule has 2 atom stereocenters. The molecule has 1 aliphatic rings. The van der Waals surface area contributed by atoms with E-state index < -0.39 is 0 Å². The summed E-state index contributed by atoms with van der Waals surface area (Å²) in [5, 5.41) is 13.1. The van der Waals surface area contributed by atoms with Crippen molar-refractivity contribution in [3.8, 4) is 5.75 Å². The summed E-state index contributed by atoms with van der Waals surface area (Å²) in [6.07, 6.45) is 2.30. The standard InChI is InChI=1S/C15H24N2O3/c1-11-6-7-14(20-15-5-3-4-13(15)18)12(17-11)10-16-8-9-19-2/h6-7,13,15-16,18H,3-5,8-10H2,1-2H3. The number of ether oxygens (including phenoxy) is 2. The average Bonchev–Trinajstić information content (AvgIpc) is 2.83. The summed E-state index contributed by atoms with van der Waals surface area (Å²) in [5.41, 5.74) is 1.85. The lowest BCUT2D eigenvalue weighted by atomic mass is 10.2. The molecule has 1 saturated carbocycles. The van der Waals surface area contributed by atoms with Crippen molar-refractivity contribution in [2.75, 3.05) is 20.3 Å². The zero-order valence-electron chi connectivity index (χ0n) is 12.3. The highest BCUT2D eigenvalue weighted by atomic mass is 16.5. The van der Waals surface area contributed by atoms with Crippen LogP contribution in [0, 0.1) is 6.92 Å². The predicted octanol–water partition coefficient (Wildman–Crippen LogP) is 1.42. The number of nitrogens with one attached hydrogen (secondary N) is 1. The highest BCUT2D eigenvalue weighted by molar-refractivity contribution is 5.29. The lowest BCUT2D eigenvalue weighted by Crippen LogP contribution is -2.27. The van der Waals surface area contributed by atoms with E-state index in [2.05, 4.69) is 10.3 Å². The lowest BCUT2D eigenvalue weighted by Gasteiger charge is -2.19. The molecule has 0 bridgehead atoms. The maximum Gasteiger partial charge on any atom is 0.142 e. The van der Waals surface area contributed by atoms with E-state index >= 15 is 0 Å². The number of nitrogens with zero attached hydrogens (tertiary/aromatic N) is 1. The van der Waals surface area contributed by atoms with Crippen molar-refractivity contribution >= 4 is 0 Å². The van der Waals surface area contributed by atoms with Gasteiger partial charge in [0.2, 0.25) is 0 Å². The molecule has 20 heavy (non-hydrogen) atoms. The van der Waals surface area contributed by atoms with Crippen LogP contribution in [0.4, 0.5) is 0 Å². The molecule has 1 fully saturated rings. The molecule has 0 aliphatic heterocycles.